The molecule has 0 spiro atoms. The SMILES string of the molecule is C=CCC(O)c1cc(F)cc(Cl)c1. The van der Waals surface area contributed by atoms with E-state index in [0.717, 1.165) is 0 Å². The van der Waals surface area contributed by atoms with Crippen LogP contribution in [0.3, 0.4) is 0 Å². The molecule has 0 aliphatic carbocycles. The molecule has 0 fully saturated rings. The van der Waals surface area contributed by atoms with E-state index in [9.17, 15) is 9.50 Å². The van der Waals surface area contributed by atoms with Crippen molar-refractivity contribution in [3.63, 3.8) is 0 Å². The van der Waals surface area contributed by atoms with Crippen LogP contribution >= 0.6 is 11.6 Å². The lowest BCUT2D eigenvalue weighted by atomic mass is 10.1. The fourth-order valence-electron chi connectivity index (χ4n) is 1.06. The fraction of sp³-hybridized carbons (Fsp3) is 0.200. The van der Waals surface area contributed by atoms with E-state index in [1.807, 2.05) is 0 Å². The van der Waals surface area contributed by atoms with Crippen LogP contribution < -0.4 is 0 Å². The number of benzene rings is 1. The van der Waals surface area contributed by atoms with E-state index in [1.54, 1.807) is 12.1 Å². The van der Waals surface area contributed by atoms with Crippen LogP contribution in [0.2, 0.25) is 5.02 Å². The van der Waals surface area contributed by atoms with Gasteiger partial charge >= 0.3 is 0 Å². The molecule has 0 saturated heterocycles. The fourth-order valence-corrected chi connectivity index (χ4v) is 1.29. The quantitative estimate of drug-likeness (QED) is 0.744. The molecule has 0 saturated carbocycles. The average Bonchev–Trinajstić information content (AvgIpc) is 2.03. The molecule has 13 heavy (non-hydrogen) atoms. The van der Waals surface area contributed by atoms with Crippen LogP contribution in [0, 0.1) is 5.82 Å². The van der Waals surface area contributed by atoms with E-state index in [0.29, 0.717) is 12.0 Å². The van der Waals surface area contributed by atoms with Gasteiger partial charge in [-0.05, 0) is 30.2 Å². The monoisotopic (exact) mass is 200 g/mol. The first-order valence-corrected chi connectivity index (χ1v) is 4.26. The molecule has 0 heterocycles. The average molecular weight is 201 g/mol. The highest BCUT2D eigenvalue weighted by Gasteiger charge is 2.07. The van der Waals surface area contributed by atoms with Crippen LogP contribution in [-0.2, 0) is 0 Å². The molecule has 1 aromatic rings. The van der Waals surface area contributed by atoms with Crippen molar-refractivity contribution in [1.82, 2.24) is 0 Å². The van der Waals surface area contributed by atoms with Crippen LogP contribution in [0.4, 0.5) is 4.39 Å². The van der Waals surface area contributed by atoms with Gasteiger partial charge in [-0.3, -0.25) is 0 Å². The first-order valence-electron chi connectivity index (χ1n) is 3.88. The first-order chi connectivity index (χ1) is 6.13. The lowest BCUT2D eigenvalue weighted by molar-refractivity contribution is 0.181. The largest absolute Gasteiger partial charge is 0.388 e. The van der Waals surface area contributed by atoms with Gasteiger partial charge in [-0.1, -0.05) is 17.7 Å². The summed E-state index contributed by atoms with van der Waals surface area (Å²) >= 11 is 5.62. The zero-order valence-corrected chi connectivity index (χ0v) is 7.76. The molecule has 3 heteroatoms. The Morgan fingerprint density at radius 1 is 1.54 bits per heavy atom. The molecule has 0 aromatic heterocycles. The molecule has 0 bridgehead atoms. The Labute approximate surface area is 81.5 Å². The summed E-state index contributed by atoms with van der Waals surface area (Å²) in [7, 11) is 0. The van der Waals surface area contributed by atoms with Crippen molar-refractivity contribution < 1.29 is 9.50 Å². The minimum Gasteiger partial charge on any atom is -0.388 e. The van der Waals surface area contributed by atoms with Crippen molar-refractivity contribution >= 4 is 11.6 Å². The third kappa shape index (κ3) is 2.83. The number of aliphatic hydroxyl groups is 1. The van der Waals surface area contributed by atoms with E-state index in [-0.39, 0.29) is 5.02 Å². The predicted molar refractivity (Wildman–Crippen MR) is 51.2 cm³/mol. The highest BCUT2D eigenvalue weighted by Crippen LogP contribution is 2.22. The van der Waals surface area contributed by atoms with E-state index >= 15 is 0 Å². The number of hydrogen-bond donors (Lipinski definition) is 1. The van der Waals surface area contributed by atoms with E-state index in [1.165, 1.54) is 12.1 Å². The van der Waals surface area contributed by atoms with Gasteiger partial charge in [0.15, 0.2) is 0 Å². The number of hydrogen-bond acceptors (Lipinski definition) is 1. The molecule has 0 aliphatic rings. The number of rotatable bonds is 3. The Bertz CT molecular complexity index is 292. The van der Waals surface area contributed by atoms with Crippen LogP contribution in [0.15, 0.2) is 30.9 Å². The van der Waals surface area contributed by atoms with E-state index in [2.05, 4.69) is 6.58 Å². The smallest absolute Gasteiger partial charge is 0.125 e. The van der Waals surface area contributed by atoms with Crippen molar-refractivity contribution in [2.24, 2.45) is 0 Å². The molecule has 1 aromatic carbocycles. The summed E-state index contributed by atoms with van der Waals surface area (Å²) in [5.41, 5.74) is 0.477. The molecule has 1 rings (SSSR count). The van der Waals surface area contributed by atoms with Crippen LogP contribution in [-0.4, -0.2) is 5.11 Å². The summed E-state index contributed by atoms with van der Waals surface area (Å²) in [5, 5.41) is 9.76. The molecular formula is C10H10ClFO. The minimum absolute atomic E-state index is 0.290. The Hall–Kier alpha value is -0.860. The Balaban J connectivity index is 2.93. The second-order valence-corrected chi connectivity index (χ2v) is 3.18. The van der Waals surface area contributed by atoms with Gasteiger partial charge in [0, 0.05) is 5.02 Å². The summed E-state index contributed by atoms with van der Waals surface area (Å²) in [6.45, 7) is 3.48. The third-order valence-corrected chi connectivity index (χ3v) is 1.88. The second-order valence-electron chi connectivity index (χ2n) is 2.74. The highest BCUT2D eigenvalue weighted by atomic mass is 35.5. The maximum absolute atomic E-state index is 12.8. The summed E-state index contributed by atoms with van der Waals surface area (Å²) in [6.07, 6.45) is 1.23. The molecule has 1 unspecified atom stereocenters. The van der Waals surface area contributed by atoms with Gasteiger partial charge < -0.3 is 5.11 Å². The maximum Gasteiger partial charge on any atom is 0.125 e. The van der Waals surface area contributed by atoms with Gasteiger partial charge in [-0.15, -0.1) is 6.58 Å². The Kier molecular flexibility index (Phi) is 3.46. The normalized spacial score (nSPS) is 12.5. The van der Waals surface area contributed by atoms with Crippen molar-refractivity contribution in [2.45, 2.75) is 12.5 Å². The number of aliphatic hydroxyl groups excluding tert-OH is 1. The lowest BCUT2D eigenvalue weighted by Gasteiger charge is -2.08. The van der Waals surface area contributed by atoms with Gasteiger partial charge in [-0.25, -0.2) is 4.39 Å². The Morgan fingerprint density at radius 2 is 2.23 bits per heavy atom. The Morgan fingerprint density at radius 3 is 2.77 bits per heavy atom. The summed E-state index contributed by atoms with van der Waals surface area (Å²) in [5.74, 6) is -0.439. The summed E-state index contributed by atoms with van der Waals surface area (Å²) < 4.78 is 12.8. The first kappa shape index (κ1) is 10.2. The molecule has 1 atom stereocenters. The zero-order valence-electron chi connectivity index (χ0n) is 7.00. The van der Waals surface area contributed by atoms with E-state index in [4.69, 9.17) is 11.6 Å². The third-order valence-electron chi connectivity index (χ3n) is 1.66. The van der Waals surface area contributed by atoms with Gasteiger partial charge in [0.1, 0.15) is 5.82 Å². The second kappa shape index (κ2) is 4.40. The molecule has 70 valence electrons. The van der Waals surface area contributed by atoms with Gasteiger partial charge in [-0.2, -0.15) is 0 Å². The van der Waals surface area contributed by atoms with E-state index < -0.39 is 11.9 Å². The van der Waals surface area contributed by atoms with Crippen LogP contribution in [0.5, 0.6) is 0 Å². The molecule has 0 amide bonds. The number of halogens is 2. The summed E-state index contributed by atoms with van der Waals surface area (Å²) in [6, 6.07) is 4.00. The molecule has 1 N–H and O–H groups in total. The van der Waals surface area contributed by atoms with Crippen molar-refractivity contribution in [3.05, 3.63) is 47.3 Å². The van der Waals surface area contributed by atoms with Gasteiger partial charge in [0.2, 0.25) is 0 Å². The van der Waals surface area contributed by atoms with Crippen molar-refractivity contribution in [2.75, 3.05) is 0 Å². The highest BCUT2D eigenvalue weighted by molar-refractivity contribution is 6.30. The van der Waals surface area contributed by atoms with Crippen LogP contribution in [0.25, 0.3) is 0 Å². The molecule has 0 radical (unpaired) electrons. The molecule has 0 aliphatic heterocycles. The molecular weight excluding hydrogens is 191 g/mol. The zero-order chi connectivity index (χ0) is 9.84. The van der Waals surface area contributed by atoms with Crippen molar-refractivity contribution in [1.29, 1.82) is 0 Å². The summed E-state index contributed by atoms with van der Waals surface area (Å²) in [4.78, 5) is 0. The molecule has 1 nitrogen and oxygen atoms in total. The van der Waals surface area contributed by atoms with Crippen LogP contribution in [0.1, 0.15) is 18.1 Å². The maximum atomic E-state index is 12.8. The topological polar surface area (TPSA) is 20.2 Å². The van der Waals surface area contributed by atoms with Gasteiger partial charge in [0.05, 0.1) is 6.10 Å². The lowest BCUT2D eigenvalue weighted by Crippen LogP contribution is -1.96. The predicted octanol–water partition coefficient (Wildman–Crippen LogP) is 3.09. The van der Waals surface area contributed by atoms with Gasteiger partial charge in [0.25, 0.3) is 0 Å². The van der Waals surface area contributed by atoms with Crippen molar-refractivity contribution in [3.8, 4) is 0 Å². The minimum atomic E-state index is -0.731. The standard InChI is InChI=1S/C10H10ClFO/c1-2-3-10(13)7-4-8(11)6-9(12)5-7/h2,4-6,10,13H,1,3H2.